The zero-order valence-electron chi connectivity index (χ0n) is 10.9. The summed E-state index contributed by atoms with van der Waals surface area (Å²) in [5.41, 5.74) is 7.62. The molecular weight excluding hydrogens is 218 g/mol. The van der Waals surface area contributed by atoms with E-state index in [9.17, 15) is 0 Å². The summed E-state index contributed by atoms with van der Waals surface area (Å²) < 4.78 is 5.83. The maximum atomic E-state index is 6.34. The van der Waals surface area contributed by atoms with Gasteiger partial charge in [0.1, 0.15) is 0 Å². The molecular formula is C13H23NOS. The Morgan fingerprint density at radius 3 is 2.44 bits per heavy atom. The first-order valence-electron chi connectivity index (χ1n) is 5.79. The molecule has 2 N–H and O–H groups in total. The van der Waals surface area contributed by atoms with Gasteiger partial charge in [0.05, 0.1) is 12.1 Å². The van der Waals surface area contributed by atoms with Gasteiger partial charge >= 0.3 is 0 Å². The van der Waals surface area contributed by atoms with Gasteiger partial charge in [-0.2, -0.15) is 0 Å². The molecule has 2 atom stereocenters. The maximum Gasteiger partial charge on any atom is 0.0815 e. The molecule has 1 heterocycles. The van der Waals surface area contributed by atoms with Crippen molar-refractivity contribution in [3.8, 4) is 0 Å². The molecule has 1 aromatic rings. The average molecular weight is 241 g/mol. The molecule has 2 unspecified atom stereocenters. The van der Waals surface area contributed by atoms with Gasteiger partial charge in [0.2, 0.25) is 0 Å². The molecule has 0 saturated heterocycles. The van der Waals surface area contributed by atoms with E-state index in [1.807, 2.05) is 6.92 Å². The lowest BCUT2D eigenvalue weighted by atomic mass is 9.82. The van der Waals surface area contributed by atoms with Gasteiger partial charge in [-0.05, 0) is 36.3 Å². The van der Waals surface area contributed by atoms with Gasteiger partial charge in [-0.3, -0.25) is 0 Å². The van der Waals surface area contributed by atoms with Gasteiger partial charge in [0, 0.05) is 11.5 Å². The molecule has 0 aliphatic rings. The molecule has 0 aromatic carbocycles. The Bertz CT molecular complexity index is 327. The Morgan fingerprint density at radius 2 is 2.06 bits per heavy atom. The molecule has 16 heavy (non-hydrogen) atoms. The lowest BCUT2D eigenvalue weighted by molar-refractivity contribution is -0.0283. The first-order valence-corrected chi connectivity index (χ1v) is 6.67. The van der Waals surface area contributed by atoms with Crippen molar-refractivity contribution in [1.29, 1.82) is 0 Å². The van der Waals surface area contributed by atoms with Crippen LogP contribution < -0.4 is 5.73 Å². The molecule has 1 rings (SSSR count). The minimum Gasteiger partial charge on any atom is -0.376 e. The Morgan fingerprint density at radius 1 is 1.44 bits per heavy atom. The summed E-state index contributed by atoms with van der Waals surface area (Å²) in [5, 5.41) is 2.09. The molecule has 0 bridgehead atoms. The van der Waals surface area contributed by atoms with Gasteiger partial charge in [-0.1, -0.05) is 20.8 Å². The van der Waals surface area contributed by atoms with Crippen molar-refractivity contribution in [2.45, 2.75) is 46.8 Å². The van der Waals surface area contributed by atoms with Crippen molar-refractivity contribution in [2.75, 3.05) is 6.61 Å². The first-order chi connectivity index (χ1) is 7.38. The summed E-state index contributed by atoms with van der Waals surface area (Å²) >= 11 is 1.74. The highest BCUT2D eigenvalue weighted by Crippen LogP contribution is 2.33. The summed E-state index contributed by atoms with van der Waals surface area (Å²) in [4.78, 5) is 1.29. The minimum atomic E-state index is -0.0359. The van der Waals surface area contributed by atoms with E-state index in [0.717, 1.165) is 0 Å². The fourth-order valence-electron chi connectivity index (χ4n) is 1.98. The van der Waals surface area contributed by atoms with Crippen molar-refractivity contribution in [2.24, 2.45) is 11.1 Å². The van der Waals surface area contributed by atoms with Crippen molar-refractivity contribution in [3.05, 3.63) is 21.9 Å². The molecule has 2 nitrogen and oxygen atoms in total. The lowest BCUT2D eigenvalue weighted by Crippen LogP contribution is -2.39. The summed E-state index contributed by atoms with van der Waals surface area (Å²) in [6.07, 6.45) is 0.0609. The summed E-state index contributed by atoms with van der Waals surface area (Å²) in [6.45, 7) is 11.4. The number of rotatable bonds is 4. The van der Waals surface area contributed by atoms with E-state index in [4.69, 9.17) is 10.5 Å². The summed E-state index contributed by atoms with van der Waals surface area (Å²) in [6, 6.07) is 2.08. The van der Waals surface area contributed by atoms with Crippen LogP contribution in [0.3, 0.4) is 0 Å². The zero-order chi connectivity index (χ0) is 12.3. The largest absolute Gasteiger partial charge is 0.376 e. The van der Waals surface area contributed by atoms with Crippen LogP contribution in [0.5, 0.6) is 0 Å². The third-order valence-electron chi connectivity index (χ3n) is 2.78. The van der Waals surface area contributed by atoms with Crippen LogP contribution in [-0.4, -0.2) is 12.7 Å². The van der Waals surface area contributed by atoms with Crippen molar-refractivity contribution in [1.82, 2.24) is 0 Å². The molecule has 0 radical (unpaired) electrons. The molecule has 0 spiro atoms. The van der Waals surface area contributed by atoms with Crippen LogP contribution in [0.4, 0.5) is 0 Å². The van der Waals surface area contributed by atoms with Crippen molar-refractivity contribution in [3.63, 3.8) is 0 Å². The standard InChI is InChI=1S/C13H23NOS/c1-6-15-12(13(3,4)5)11(14)10-7-8-16-9(10)2/h7-8,11-12H,6,14H2,1-5H3. The lowest BCUT2D eigenvalue weighted by Gasteiger charge is -2.35. The van der Waals surface area contributed by atoms with E-state index >= 15 is 0 Å². The zero-order valence-corrected chi connectivity index (χ0v) is 11.7. The number of hydrogen-bond donors (Lipinski definition) is 1. The normalized spacial score (nSPS) is 16.1. The van der Waals surface area contributed by atoms with Crippen LogP contribution >= 0.6 is 11.3 Å². The van der Waals surface area contributed by atoms with E-state index < -0.39 is 0 Å². The van der Waals surface area contributed by atoms with E-state index in [1.54, 1.807) is 11.3 Å². The number of aryl methyl sites for hydroxylation is 1. The second kappa shape index (κ2) is 5.30. The third-order valence-corrected chi connectivity index (χ3v) is 3.65. The number of ether oxygens (including phenoxy) is 1. The van der Waals surface area contributed by atoms with Gasteiger partial charge in [-0.15, -0.1) is 11.3 Å². The Balaban J connectivity index is 2.92. The highest BCUT2D eigenvalue weighted by Gasteiger charge is 2.32. The Labute approximate surface area is 103 Å². The van der Waals surface area contributed by atoms with Crippen molar-refractivity contribution >= 4 is 11.3 Å². The predicted molar refractivity (Wildman–Crippen MR) is 70.9 cm³/mol. The average Bonchev–Trinajstić information content (AvgIpc) is 2.58. The van der Waals surface area contributed by atoms with Gasteiger partial charge < -0.3 is 10.5 Å². The first kappa shape index (κ1) is 13.7. The number of thiophene rings is 1. The minimum absolute atomic E-state index is 0.0359. The van der Waals surface area contributed by atoms with Crippen molar-refractivity contribution < 1.29 is 4.74 Å². The van der Waals surface area contributed by atoms with Crippen LogP contribution in [0.1, 0.15) is 44.2 Å². The molecule has 0 aliphatic heterocycles. The predicted octanol–water partition coefficient (Wildman–Crippen LogP) is 3.51. The number of nitrogens with two attached hydrogens (primary N) is 1. The molecule has 0 aliphatic carbocycles. The van der Waals surface area contributed by atoms with E-state index in [1.165, 1.54) is 10.4 Å². The smallest absolute Gasteiger partial charge is 0.0815 e. The monoisotopic (exact) mass is 241 g/mol. The molecule has 92 valence electrons. The van der Waals surface area contributed by atoms with Gasteiger partial charge in [0.25, 0.3) is 0 Å². The van der Waals surface area contributed by atoms with Gasteiger partial charge in [-0.25, -0.2) is 0 Å². The van der Waals surface area contributed by atoms with Crippen LogP contribution in [0.25, 0.3) is 0 Å². The van der Waals surface area contributed by atoms with Gasteiger partial charge in [0.15, 0.2) is 0 Å². The van der Waals surface area contributed by atoms with E-state index in [-0.39, 0.29) is 17.6 Å². The van der Waals surface area contributed by atoms with Crippen LogP contribution in [0.2, 0.25) is 0 Å². The van der Waals surface area contributed by atoms with E-state index in [2.05, 4.69) is 39.1 Å². The Kier molecular flexibility index (Phi) is 4.53. The molecule has 0 amide bonds. The Hall–Kier alpha value is -0.380. The fourth-order valence-corrected chi connectivity index (χ4v) is 2.73. The molecule has 0 fully saturated rings. The fraction of sp³-hybridized carbons (Fsp3) is 0.692. The quantitative estimate of drug-likeness (QED) is 0.875. The maximum absolute atomic E-state index is 6.34. The number of hydrogen-bond acceptors (Lipinski definition) is 3. The van der Waals surface area contributed by atoms with Crippen LogP contribution in [-0.2, 0) is 4.74 Å². The van der Waals surface area contributed by atoms with E-state index in [0.29, 0.717) is 6.61 Å². The molecule has 0 saturated carbocycles. The highest BCUT2D eigenvalue weighted by molar-refractivity contribution is 7.10. The summed E-state index contributed by atoms with van der Waals surface area (Å²) in [5.74, 6) is 0. The van der Waals surface area contributed by atoms with Crippen LogP contribution in [0.15, 0.2) is 11.4 Å². The second-order valence-electron chi connectivity index (χ2n) is 5.20. The molecule has 3 heteroatoms. The summed E-state index contributed by atoms with van der Waals surface area (Å²) in [7, 11) is 0. The topological polar surface area (TPSA) is 35.2 Å². The molecule has 1 aromatic heterocycles. The second-order valence-corrected chi connectivity index (χ2v) is 6.32. The highest BCUT2D eigenvalue weighted by atomic mass is 32.1. The third kappa shape index (κ3) is 3.06. The van der Waals surface area contributed by atoms with Crippen LogP contribution in [0, 0.1) is 12.3 Å². The SMILES string of the molecule is CCOC(C(N)c1ccsc1C)C(C)(C)C.